The van der Waals surface area contributed by atoms with Crippen LogP contribution in [0.3, 0.4) is 0 Å². The van der Waals surface area contributed by atoms with Gasteiger partial charge < -0.3 is 9.47 Å². The minimum atomic E-state index is -0.615. The highest BCUT2D eigenvalue weighted by atomic mass is 19.1. The van der Waals surface area contributed by atoms with Gasteiger partial charge in [-0.15, -0.1) is 0 Å². The third-order valence-corrected chi connectivity index (χ3v) is 5.28. The number of carbonyl (C=O) groups excluding carboxylic acids is 1. The number of benzene rings is 2. The minimum absolute atomic E-state index is 0.0216. The van der Waals surface area contributed by atoms with Crippen LogP contribution in [-0.2, 0) is 14.3 Å². The molecular formula is C22H23F2N3O3. The summed E-state index contributed by atoms with van der Waals surface area (Å²) in [5.41, 5.74) is 0.995. The highest BCUT2D eigenvalue weighted by Crippen LogP contribution is 2.38. The lowest BCUT2D eigenvalue weighted by Crippen LogP contribution is -2.52. The molecule has 0 N–H and O–H groups in total. The largest absolute Gasteiger partial charge is 0.461 e. The van der Waals surface area contributed by atoms with Crippen LogP contribution in [0.5, 0.6) is 0 Å². The zero-order valence-electron chi connectivity index (χ0n) is 16.6. The van der Waals surface area contributed by atoms with Gasteiger partial charge in [0.05, 0.1) is 31.4 Å². The van der Waals surface area contributed by atoms with Crippen LogP contribution in [0.4, 0.5) is 14.5 Å². The van der Waals surface area contributed by atoms with Gasteiger partial charge in [0, 0.05) is 19.2 Å². The van der Waals surface area contributed by atoms with E-state index in [1.807, 2.05) is 30.3 Å². The minimum Gasteiger partial charge on any atom is -0.461 e. The van der Waals surface area contributed by atoms with Crippen molar-refractivity contribution in [3.8, 4) is 0 Å². The number of hydrogen-bond acceptors (Lipinski definition) is 6. The number of anilines is 1. The van der Waals surface area contributed by atoms with Gasteiger partial charge in [-0.05, 0) is 24.6 Å². The van der Waals surface area contributed by atoms with E-state index < -0.39 is 29.7 Å². The first kappa shape index (κ1) is 20.4. The molecule has 2 aliphatic rings. The summed E-state index contributed by atoms with van der Waals surface area (Å²) < 4.78 is 39.4. The third-order valence-electron chi connectivity index (χ3n) is 5.28. The predicted octanol–water partition coefficient (Wildman–Crippen LogP) is 3.15. The summed E-state index contributed by atoms with van der Waals surface area (Å²) in [5.74, 6) is -2.26. The number of esters is 1. The van der Waals surface area contributed by atoms with Gasteiger partial charge in [0.1, 0.15) is 17.8 Å². The van der Waals surface area contributed by atoms with Crippen molar-refractivity contribution in [2.45, 2.75) is 19.0 Å². The Labute approximate surface area is 173 Å². The van der Waals surface area contributed by atoms with Crippen LogP contribution in [0.25, 0.3) is 0 Å². The van der Waals surface area contributed by atoms with Gasteiger partial charge in [-0.1, -0.05) is 30.3 Å². The number of halogens is 2. The second kappa shape index (κ2) is 8.89. The highest BCUT2D eigenvalue weighted by Gasteiger charge is 2.46. The zero-order valence-corrected chi connectivity index (χ0v) is 16.6. The van der Waals surface area contributed by atoms with Crippen LogP contribution >= 0.6 is 0 Å². The van der Waals surface area contributed by atoms with Crippen molar-refractivity contribution >= 4 is 17.4 Å². The molecule has 4 rings (SSSR count). The Morgan fingerprint density at radius 2 is 1.90 bits per heavy atom. The molecule has 0 radical (unpaired) electrons. The van der Waals surface area contributed by atoms with Crippen molar-refractivity contribution in [3.05, 3.63) is 65.7 Å². The number of rotatable bonds is 5. The second-order valence-electron chi connectivity index (χ2n) is 7.10. The zero-order chi connectivity index (χ0) is 21.1. The summed E-state index contributed by atoms with van der Waals surface area (Å²) in [5, 5.41) is 5.89. The molecule has 8 heteroatoms. The molecule has 1 fully saturated rings. The van der Waals surface area contributed by atoms with E-state index in [2.05, 4.69) is 10.0 Å². The van der Waals surface area contributed by atoms with Gasteiger partial charge in [-0.3, -0.25) is 4.90 Å². The molecule has 0 aromatic heterocycles. The van der Waals surface area contributed by atoms with E-state index in [4.69, 9.17) is 9.47 Å². The molecule has 2 aromatic rings. The quantitative estimate of drug-likeness (QED) is 0.703. The van der Waals surface area contributed by atoms with Gasteiger partial charge in [0.15, 0.2) is 5.71 Å². The number of hydrazone groups is 1. The third kappa shape index (κ3) is 3.93. The lowest BCUT2D eigenvalue weighted by molar-refractivity contribution is -0.135. The molecule has 0 saturated carbocycles. The summed E-state index contributed by atoms with van der Waals surface area (Å²) >= 11 is 0. The van der Waals surface area contributed by atoms with Gasteiger partial charge in [-0.25, -0.2) is 18.6 Å². The molecular weight excluding hydrogens is 392 g/mol. The standard InChI is InChI=1S/C22H23F2N3O3/c1-2-30-22(28)20-19(15-6-4-3-5-7-15)21(26-10-12-29-13-11-26)27(25-20)18-14-16(23)8-9-17(18)24/h3-9,14,19,21H,2,10-13H2,1H3. The summed E-state index contributed by atoms with van der Waals surface area (Å²) in [6, 6.07) is 12.7. The number of morpholine rings is 1. The average molecular weight is 415 g/mol. The van der Waals surface area contributed by atoms with E-state index in [1.165, 1.54) is 5.01 Å². The smallest absolute Gasteiger partial charge is 0.355 e. The Bertz CT molecular complexity index is 932. The predicted molar refractivity (Wildman–Crippen MR) is 108 cm³/mol. The van der Waals surface area contributed by atoms with Crippen LogP contribution in [0.1, 0.15) is 18.4 Å². The maximum absolute atomic E-state index is 14.7. The first-order chi connectivity index (χ1) is 14.6. The molecule has 0 bridgehead atoms. The molecule has 0 aliphatic carbocycles. The summed E-state index contributed by atoms with van der Waals surface area (Å²) in [4.78, 5) is 14.9. The van der Waals surface area contributed by atoms with Crippen molar-refractivity contribution in [1.29, 1.82) is 0 Å². The Balaban J connectivity index is 1.85. The fourth-order valence-electron chi connectivity index (χ4n) is 3.95. The van der Waals surface area contributed by atoms with Crippen LogP contribution < -0.4 is 5.01 Å². The molecule has 2 aromatic carbocycles. The number of hydrogen-bond donors (Lipinski definition) is 0. The van der Waals surface area contributed by atoms with Gasteiger partial charge >= 0.3 is 5.97 Å². The van der Waals surface area contributed by atoms with Crippen LogP contribution in [0.15, 0.2) is 53.6 Å². The van der Waals surface area contributed by atoms with E-state index in [9.17, 15) is 13.6 Å². The van der Waals surface area contributed by atoms with E-state index in [0.29, 0.717) is 26.3 Å². The molecule has 1 saturated heterocycles. The molecule has 30 heavy (non-hydrogen) atoms. The molecule has 2 unspecified atom stereocenters. The topological polar surface area (TPSA) is 54.4 Å². The maximum atomic E-state index is 14.7. The van der Waals surface area contributed by atoms with Gasteiger partial charge in [0.25, 0.3) is 0 Å². The number of carbonyl (C=O) groups is 1. The van der Waals surface area contributed by atoms with Crippen LogP contribution in [0.2, 0.25) is 0 Å². The number of nitrogens with zero attached hydrogens (tertiary/aromatic N) is 3. The summed E-state index contributed by atoms with van der Waals surface area (Å²) in [6.45, 7) is 4.07. The normalized spacial score (nSPS) is 22.1. The lowest BCUT2D eigenvalue weighted by Gasteiger charge is -2.39. The summed E-state index contributed by atoms with van der Waals surface area (Å²) in [6.07, 6.45) is -0.521. The molecule has 2 aliphatic heterocycles. The fraction of sp³-hybridized carbons (Fsp3) is 0.364. The molecule has 0 spiro atoms. The monoisotopic (exact) mass is 415 g/mol. The lowest BCUT2D eigenvalue weighted by atomic mass is 9.90. The Morgan fingerprint density at radius 1 is 1.17 bits per heavy atom. The van der Waals surface area contributed by atoms with Crippen molar-refractivity contribution < 1.29 is 23.0 Å². The SMILES string of the molecule is CCOC(=O)C1=NN(c2cc(F)ccc2F)C(N2CCOCC2)C1c1ccccc1. The van der Waals surface area contributed by atoms with Gasteiger partial charge in [-0.2, -0.15) is 5.10 Å². The van der Waals surface area contributed by atoms with Crippen LogP contribution in [-0.4, -0.2) is 55.7 Å². The fourth-order valence-corrected chi connectivity index (χ4v) is 3.95. The van der Waals surface area contributed by atoms with Gasteiger partial charge in [0.2, 0.25) is 0 Å². The first-order valence-electron chi connectivity index (χ1n) is 9.96. The highest BCUT2D eigenvalue weighted by molar-refractivity contribution is 6.39. The molecule has 2 heterocycles. The maximum Gasteiger partial charge on any atom is 0.355 e. The molecule has 2 atom stereocenters. The van der Waals surface area contributed by atoms with Crippen molar-refractivity contribution in [1.82, 2.24) is 4.90 Å². The average Bonchev–Trinajstić information content (AvgIpc) is 3.17. The Hall–Kier alpha value is -2.84. The molecule has 0 amide bonds. The molecule has 6 nitrogen and oxygen atoms in total. The van der Waals surface area contributed by atoms with Crippen molar-refractivity contribution in [2.24, 2.45) is 5.10 Å². The van der Waals surface area contributed by atoms with Crippen LogP contribution in [0, 0.1) is 11.6 Å². The van der Waals surface area contributed by atoms with E-state index in [-0.39, 0.29) is 18.0 Å². The van der Waals surface area contributed by atoms with Crippen molar-refractivity contribution in [3.63, 3.8) is 0 Å². The van der Waals surface area contributed by atoms with E-state index >= 15 is 0 Å². The second-order valence-corrected chi connectivity index (χ2v) is 7.10. The Morgan fingerprint density at radius 3 is 2.60 bits per heavy atom. The Kier molecular flexibility index (Phi) is 6.06. The van der Waals surface area contributed by atoms with E-state index in [1.54, 1.807) is 6.92 Å². The van der Waals surface area contributed by atoms with E-state index in [0.717, 1.165) is 23.8 Å². The van der Waals surface area contributed by atoms with Crippen molar-refractivity contribution in [2.75, 3.05) is 37.9 Å². The first-order valence-corrected chi connectivity index (χ1v) is 9.96. The number of ether oxygens (including phenoxy) is 2. The summed E-state index contributed by atoms with van der Waals surface area (Å²) in [7, 11) is 0. The molecule has 158 valence electrons.